The van der Waals surface area contributed by atoms with Gasteiger partial charge in [0.2, 0.25) is 0 Å². The summed E-state index contributed by atoms with van der Waals surface area (Å²) in [4.78, 5) is 26.2. The molecule has 4 heterocycles. The fourth-order valence-corrected chi connectivity index (χ4v) is 7.38. The topological polar surface area (TPSA) is 137 Å². The zero-order chi connectivity index (χ0) is 27.8. The number of rotatable bonds is 1. The molecule has 10 heteroatoms. The van der Waals surface area contributed by atoms with E-state index < -0.39 is 70.6 Å². The van der Waals surface area contributed by atoms with E-state index in [2.05, 4.69) is 0 Å². The van der Waals surface area contributed by atoms with Crippen LogP contribution in [0.25, 0.3) is 0 Å². The molecule has 11 atom stereocenters. The minimum Gasteiger partial charge on any atom is -0.463 e. The number of aliphatic hydroxyl groups is 2. The minimum absolute atomic E-state index is 0.0468. The lowest BCUT2D eigenvalue weighted by atomic mass is 9.51. The molecule has 0 radical (unpaired) electrons. The van der Waals surface area contributed by atoms with Crippen LogP contribution >= 0.6 is 0 Å². The number of cyclic esters (lactones) is 1. The Labute approximate surface area is 227 Å². The van der Waals surface area contributed by atoms with E-state index in [1.54, 1.807) is 25.2 Å². The molecule has 4 fully saturated rings. The van der Waals surface area contributed by atoms with Gasteiger partial charge in [0.15, 0.2) is 6.10 Å². The molecule has 10 nitrogen and oxygen atoms in total. The average molecular weight is 547 g/mol. The Bertz CT molecular complexity index is 1120. The van der Waals surface area contributed by atoms with Crippen molar-refractivity contribution in [3.05, 3.63) is 36.0 Å². The lowest BCUT2D eigenvalue weighted by Crippen LogP contribution is -2.68. The van der Waals surface area contributed by atoms with E-state index in [1.807, 2.05) is 26.8 Å². The fourth-order valence-electron chi connectivity index (χ4n) is 7.38. The summed E-state index contributed by atoms with van der Waals surface area (Å²) >= 11 is 0. The van der Waals surface area contributed by atoms with E-state index in [4.69, 9.17) is 28.4 Å². The summed E-state index contributed by atoms with van der Waals surface area (Å²) in [5.41, 5.74) is -2.33. The summed E-state index contributed by atoms with van der Waals surface area (Å²) in [5, 5.41) is 21.1. The number of hydrogen-bond acceptors (Lipinski definition) is 10. The van der Waals surface area contributed by atoms with Crippen molar-refractivity contribution in [1.29, 1.82) is 0 Å². The predicted octanol–water partition coefficient (Wildman–Crippen LogP) is 1.52. The number of aliphatic hydroxyl groups excluding tert-OH is 2. The van der Waals surface area contributed by atoms with E-state index >= 15 is 0 Å². The standard InChI is InChI=1S/C29H38O10/c1-16-11-21-28(13-18(16)31)14-35-25(33)24-26(3,39-24)9-10-34-19(17(2)30)7-5-6-8-23(32)38-20-12-22(37-21)29(15-36-29)27(20,28)4/h5-8,11,17-22,24,30-31H,9-10,12-15H2,1-4H3/b7-5+,8-6+/t17-,18+,19+,20-,21-,22+,24-,26+,27+,28-,29+/m1/s1. The lowest BCUT2D eigenvalue weighted by molar-refractivity contribution is -0.239. The van der Waals surface area contributed by atoms with E-state index in [0.717, 1.165) is 5.57 Å². The number of esters is 2. The van der Waals surface area contributed by atoms with E-state index in [1.165, 1.54) is 6.08 Å². The molecule has 2 bridgehead atoms. The highest BCUT2D eigenvalue weighted by atomic mass is 16.7. The lowest BCUT2D eigenvalue weighted by Gasteiger charge is -2.58. The zero-order valence-electron chi connectivity index (χ0n) is 22.8. The highest BCUT2D eigenvalue weighted by Crippen LogP contribution is 2.72. The van der Waals surface area contributed by atoms with Crippen LogP contribution in [0.4, 0.5) is 0 Å². The molecule has 214 valence electrons. The number of carbonyl (C=O) groups excluding carboxylic acids is 2. The normalized spacial score (nSPS) is 51.7. The molecule has 3 saturated heterocycles. The van der Waals surface area contributed by atoms with Crippen LogP contribution in [0.2, 0.25) is 0 Å². The Morgan fingerprint density at radius 1 is 1.13 bits per heavy atom. The molecule has 0 amide bonds. The van der Waals surface area contributed by atoms with Crippen molar-refractivity contribution in [3.8, 4) is 0 Å². The Morgan fingerprint density at radius 3 is 2.62 bits per heavy atom. The maximum Gasteiger partial charge on any atom is 0.338 e. The van der Waals surface area contributed by atoms with Crippen molar-refractivity contribution >= 4 is 11.9 Å². The molecule has 0 aromatic heterocycles. The Kier molecular flexibility index (Phi) is 6.41. The maximum atomic E-state index is 13.3. The highest BCUT2D eigenvalue weighted by Gasteiger charge is 2.83. The zero-order valence-corrected chi connectivity index (χ0v) is 22.8. The minimum atomic E-state index is -0.899. The van der Waals surface area contributed by atoms with Gasteiger partial charge in [-0.15, -0.1) is 0 Å². The van der Waals surface area contributed by atoms with Crippen LogP contribution in [0.3, 0.4) is 0 Å². The maximum absolute atomic E-state index is 13.3. The van der Waals surface area contributed by atoms with Gasteiger partial charge in [0.05, 0.1) is 43.0 Å². The van der Waals surface area contributed by atoms with Gasteiger partial charge >= 0.3 is 11.9 Å². The first-order chi connectivity index (χ1) is 18.5. The van der Waals surface area contributed by atoms with Crippen LogP contribution in [0.1, 0.15) is 47.0 Å². The molecule has 2 aliphatic carbocycles. The second-order valence-corrected chi connectivity index (χ2v) is 12.4. The molecular formula is C29H38O10. The first kappa shape index (κ1) is 27.1. The van der Waals surface area contributed by atoms with Crippen molar-refractivity contribution in [3.63, 3.8) is 0 Å². The van der Waals surface area contributed by atoms with Crippen molar-refractivity contribution in [2.45, 2.75) is 101 Å². The third-order valence-corrected chi connectivity index (χ3v) is 10.2. The summed E-state index contributed by atoms with van der Waals surface area (Å²) in [6, 6.07) is 0. The quantitative estimate of drug-likeness (QED) is 0.283. The number of ether oxygens (including phenoxy) is 6. The third kappa shape index (κ3) is 4.06. The van der Waals surface area contributed by atoms with Crippen molar-refractivity contribution in [1.82, 2.24) is 0 Å². The SMILES string of the molecule is CC1=C[C@H]2O[C@H]3C[C@H]4OC(=O)/C=C/C=C/[C@@H]([C@@H](C)O)OCC[C@]5(C)O[C@@H]5C(=O)OC[C@@]2(C[C@@H]1O)[C@@]4(C)[C@]31CO1. The monoisotopic (exact) mass is 546 g/mol. The first-order valence-electron chi connectivity index (χ1n) is 13.8. The number of epoxide rings is 2. The van der Waals surface area contributed by atoms with E-state index in [9.17, 15) is 19.8 Å². The molecule has 39 heavy (non-hydrogen) atoms. The Morgan fingerprint density at radius 2 is 1.90 bits per heavy atom. The van der Waals surface area contributed by atoms with E-state index in [0.29, 0.717) is 19.4 Å². The Balaban J connectivity index is 1.37. The summed E-state index contributed by atoms with van der Waals surface area (Å²) in [7, 11) is 0. The van der Waals surface area contributed by atoms with Gasteiger partial charge in [-0.3, -0.25) is 0 Å². The van der Waals surface area contributed by atoms with Crippen molar-refractivity contribution in [2.75, 3.05) is 19.8 Å². The predicted molar refractivity (Wildman–Crippen MR) is 135 cm³/mol. The van der Waals surface area contributed by atoms with Gasteiger partial charge in [0.25, 0.3) is 0 Å². The summed E-state index contributed by atoms with van der Waals surface area (Å²) in [6.45, 7) is 7.98. The highest BCUT2D eigenvalue weighted by molar-refractivity contribution is 5.82. The average Bonchev–Trinajstić information content (AvgIpc) is 3.78. The van der Waals surface area contributed by atoms with E-state index in [-0.39, 0.29) is 25.7 Å². The molecule has 0 unspecified atom stereocenters. The van der Waals surface area contributed by atoms with Gasteiger partial charge in [-0.1, -0.05) is 31.2 Å². The molecule has 6 aliphatic rings. The molecule has 4 aliphatic heterocycles. The summed E-state index contributed by atoms with van der Waals surface area (Å²) in [5.74, 6) is -1.02. The molecule has 6 rings (SSSR count). The smallest absolute Gasteiger partial charge is 0.338 e. The van der Waals surface area contributed by atoms with Crippen molar-refractivity contribution in [2.24, 2.45) is 10.8 Å². The number of hydrogen-bond donors (Lipinski definition) is 2. The van der Waals surface area contributed by atoms with Crippen molar-refractivity contribution < 1.29 is 48.2 Å². The van der Waals surface area contributed by atoms with Crippen LogP contribution in [0.15, 0.2) is 36.0 Å². The molecular weight excluding hydrogens is 508 g/mol. The number of allylic oxidation sites excluding steroid dienone is 2. The molecule has 0 aromatic rings. The second kappa shape index (κ2) is 9.22. The van der Waals surface area contributed by atoms with Gasteiger partial charge in [-0.05, 0) is 32.8 Å². The molecule has 2 spiro atoms. The van der Waals surface area contributed by atoms with Crippen LogP contribution in [0.5, 0.6) is 0 Å². The second-order valence-electron chi connectivity index (χ2n) is 12.4. The summed E-state index contributed by atoms with van der Waals surface area (Å²) < 4.78 is 36.3. The first-order valence-corrected chi connectivity index (χ1v) is 13.8. The molecule has 0 aromatic carbocycles. The Hall–Kier alpha value is -2.08. The largest absolute Gasteiger partial charge is 0.463 e. The molecule has 1 saturated carbocycles. The summed E-state index contributed by atoms with van der Waals surface area (Å²) in [6.07, 6.45) is 5.01. The van der Waals surface area contributed by atoms with Gasteiger partial charge in [0, 0.05) is 24.3 Å². The van der Waals surface area contributed by atoms with Gasteiger partial charge in [-0.2, -0.15) is 0 Å². The fraction of sp³-hybridized carbons (Fsp3) is 0.724. The number of fused-ring (bicyclic) bond motifs is 1. The van der Waals surface area contributed by atoms with Gasteiger partial charge in [-0.25, -0.2) is 9.59 Å². The number of carbonyl (C=O) groups is 2. The van der Waals surface area contributed by atoms with Crippen LogP contribution < -0.4 is 0 Å². The third-order valence-electron chi connectivity index (χ3n) is 10.2. The van der Waals surface area contributed by atoms with Gasteiger partial charge < -0.3 is 38.6 Å². The van der Waals surface area contributed by atoms with Gasteiger partial charge in [0.1, 0.15) is 30.0 Å². The van der Waals surface area contributed by atoms with Crippen LogP contribution in [-0.2, 0) is 38.0 Å². The van der Waals surface area contributed by atoms with Crippen LogP contribution in [0, 0.1) is 10.8 Å². The molecule has 2 N–H and O–H groups in total. The van der Waals surface area contributed by atoms with Crippen LogP contribution in [-0.4, -0.2) is 95.9 Å².